The number of ether oxygens (including phenoxy) is 1. The highest BCUT2D eigenvalue weighted by Gasteiger charge is 2.43. The first-order chi connectivity index (χ1) is 12.3. The molecule has 0 heterocycles. The Morgan fingerprint density at radius 3 is 2.50 bits per heavy atom. The number of nitrogens with one attached hydrogen (secondary N) is 2. The lowest BCUT2D eigenvalue weighted by molar-refractivity contribution is 0.340. The van der Waals surface area contributed by atoms with Gasteiger partial charge in [-0.1, -0.05) is 42.5 Å². The molecule has 2 aromatic carbocycles. The zero-order valence-corrected chi connectivity index (χ0v) is 17.8. The van der Waals surface area contributed by atoms with E-state index in [2.05, 4.69) is 58.1 Å². The lowest BCUT2D eigenvalue weighted by Gasteiger charge is -2.19. The lowest BCUT2D eigenvalue weighted by Crippen LogP contribution is -2.40. The fourth-order valence-electron chi connectivity index (χ4n) is 3.08. The van der Waals surface area contributed by atoms with Crippen molar-refractivity contribution in [1.82, 2.24) is 10.6 Å². The second-order valence-electron chi connectivity index (χ2n) is 6.51. The molecule has 0 saturated heterocycles. The summed E-state index contributed by atoms with van der Waals surface area (Å²) in [5, 5.41) is 6.88. The maximum Gasteiger partial charge on any atom is 0.191 e. The number of hydrogen-bond donors (Lipinski definition) is 2. The third-order valence-corrected chi connectivity index (χ3v) is 4.73. The number of halogens is 1. The average Bonchev–Trinajstić information content (AvgIpc) is 3.44. The number of aliphatic imine (C=N–C) groups is 1. The topological polar surface area (TPSA) is 45.6 Å². The Hall–Kier alpha value is -1.76. The molecular formula is C21H28IN3O. The first-order valence-electron chi connectivity index (χ1n) is 8.97. The predicted molar refractivity (Wildman–Crippen MR) is 119 cm³/mol. The van der Waals surface area contributed by atoms with Crippen LogP contribution < -0.4 is 15.4 Å². The molecule has 1 aliphatic carbocycles. The fraction of sp³-hybridized carbons (Fsp3) is 0.381. The molecule has 1 aliphatic rings. The van der Waals surface area contributed by atoms with Crippen LogP contribution in [0.15, 0.2) is 59.6 Å². The van der Waals surface area contributed by atoms with Crippen LogP contribution in [0.3, 0.4) is 0 Å². The van der Waals surface area contributed by atoms with Crippen LogP contribution in [-0.2, 0) is 12.0 Å². The van der Waals surface area contributed by atoms with E-state index in [1.165, 1.54) is 24.0 Å². The van der Waals surface area contributed by atoms with Gasteiger partial charge in [0.2, 0.25) is 0 Å². The minimum Gasteiger partial charge on any atom is -0.494 e. The molecule has 0 radical (unpaired) electrons. The zero-order chi connectivity index (χ0) is 17.5. The van der Waals surface area contributed by atoms with E-state index in [1.807, 2.05) is 26.1 Å². The van der Waals surface area contributed by atoms with Crippen LogP contribution >= 0.6 is 24.0 Å². The maximum atomic E-state index is 5.56. The molecule has 0 unspecified atom stereocenters. The van der Waals surface area contributed by atoms with Gasteiger partial charge < -0.3 is 15.4 Å². The van der Waals surface area contributed by atoms with Crippen LogP contribution in [-0.4, -0.2) is 26.2 Å². The predicted octanol–water partition coefficient (Wildman–Crippen LogP) is 4.10. The normalized spacial score (nSPS) is 14.9. The summed E-state index contributed by atoms with van der Waals surface area (Å²) in [5.41, 5.74) is 2.87. The summed E-state index contributed by atoms with van der Waals surface area (Å²) < 4.78 is 5.56. The molecule has 0 aromatic heterocycles. The Morgan fingerprint density at radius 1 is 1.08 bits per heavy atom. The molecule has 140 valence electrons. The summed E-state index contributed by atoms with van der Waals surface area (Å²) in [5.74, 6) is 1.75. The van der Waals surface area contributed by atoms with Gasteiger partial charge in [0, 0.05) is 25.6 Å². The molecule has 0 aliphatic heterocycles. The van der Waals surface area contributed by atoms with Crippen molar-refractivity contribution in [2.24, 2.45) is 4.99 Å². The highest BCUT2D eigenvalue weighted by Crippen LogP contribution is 2.47. The summed E-state index contributed by atoms with van der Waals surface area (Å²) in [4.78, 5) is 4.35. The van der Waals surface area contributed by atoms with Gasteiger partial charge in [0.1, 0.15) is 5.75 Å². The molecule has 1 saturated carbocycles. The lowest BCUT2D eigenvalue weighted by atomic mass is 9.96. The number of guanidine groups is 1. The van der Waals surface area contributed by atoms with Crippen molar-refractivity contribution in [2.45, 2.75) is 31.7 Å². The van der Waals surface area contributed by atoms with Crippen molar-refractivity contribution < 1.29 is 4.74 Å². The molecule has 0 atom stereocenters. The summed E-state index contributed by atoms with van der Waals surface area (Å²) in [6.07, 6.45) is 2.47. The Morgan fingerprint density at radius 2 is 1.85 bits per heavy atom. The van der Waals surface area contributed by atoms with Crippen molar-refractivity contribution >= 4 is 29.9 Å². The fourth-order valence-corrected chi connectivity index (χ4v) is 3.08. The summed E-state index contributed by atoms with van der Waals surface area (Å²) in [6.45, 7) is 4.31. The number of rotatable bonds is 7. The third kappa shape index (κ3) is 5.37. The zero-order valence-electron chi connectivity index (χ0n) is 15.5. The Balaban J connectivity index is 0.00000243. The average molecular weight is 465 g/mol. The Bertz CT molecular complexity index is 714. The van der Waals surface area contributed by atoms with Crippen molar-refractivity contribution in [3.8, 4) is 5.75 Å². The van der Waals surface area contributed by atoms with E-state index >= 15 is 0 Å². The van der Waals surface area contributed by atoms with E-state index in [1.54, 1.807) is 0 Å². The van der Waals surface area contributed by atoms with Gasteiger partial charge in [0.05, 0.1) is 6.61 Å². The molecular weight excluding hydrogens is 437 g/mol. The van der Waals surface area contributed by atoms with E-state index in [4.69, 9.17) is 4.74 Å². The molecule has 5 heteroatoms. The Labute approximate surface area is 173 Å². The van der Waals surface area contributed by atoms with Gasteiger partial charge >= 0.3 is 0 Å². The van der Waals surface area contributed by atoms with Crippen LogP contribution in [0, 0.1) is 0 Å². The van der Waals surface area contributed by atoms with Crippen molar-refractivity contribution in [3.05, 3.63) is 65.7 Å². The van der Waals surface area contributed by atoms with Crippen LogP contribution in [0.4, 0.5) is 0 Å². The van der Waals surface area contributed by atoms with E-state index in [-0.39, 0.29) is 29.4 Å². The molecule has 26 heavy (non-hydrogen) atoms. The van der Waals surface area contributed by atoms with E-state index in [0.717, 1.165) is 24.8 Å². The van der Waals surface area contributed by atoms with Gasteiger partial charge in [0.25, 0.3) is 0 Å². The highest BCUT2D eigenvalue weighted by atomic mass is 127. The van der Waals surface area contributed by atoms with Gasteiger partial charge in [0.15, 0.2) is 5.96 Å². The van der Waals surface area contributed by atoms with E-state index in [0.29, 0.717) is 6.61 Å². The Kier molecular flexibility index (Phi) is 7.75. The smallest absolute Gasteiger partial charge is 0.191 e. The minimum absolute atomic E-state index is 0. The summed E-state index contributed by atoms with van der Waals surface area (Å²) in [6, 6.07) is 18.9. The molecule has 4 nitrogen and oxygen atoms in total. The summed E-state index contributed by atoms with van der Waals surface area (Å²) >= 11 is 0. The van der Waals surface area contributed by atoms with Gasteiger partial charge in [-0.05, 0) is 43.0 Å². The van der Waals surface area contributed by atoms with Gasteiger partial charge in [-0.2, -0.15) is 0 Å². The first-order valence-corrected chi connectivity index (χ1v) is 8.97. The van der Waals surface area contributed by atoms with Gasteiger partial charge in [-0.15, -0.1) is 24.0 Å². The third-order valence-electron chi connectivity index (χ3n) is 4.73. The standard InChI is InChI=1S/C21H27N3O.HI/c1-3-25-19-11-7-8-17(14-19)15-23-20(22-2)24-16-21(12-13-21)18-9-5-4-6-10-18;/h4-11,14H,3,12-13,15-16H2,1-2H3,(H2,22,23,24);1H. The molecule has 1 fully saturated rings. The van der Waals surface area contributed by atoms with Crippen LogP contribution in [0.2, 0.25) is 0 Å². The number of nitrogens with zero attached hydrogens (tertiary/aromatic N) is 1. The van der Waals surface area contributed by atoms with Crippen LogP contribution in [0.5, 0.6) is 5.75 Å². The minimum atomic E-state index is 0. The quantitative estimate of drug-likeness (QED) is 0.368. The van der Waals surface area contributed by atoms with Crippen molar-refractivity contribution in [2.75, 3.05) is 20.2 Å². The molecule has 2 N–H and O–H groups in total. The monoisotopic (exact) mass is 465 g/mol. The number of benzene rings is 2. The van der Waals surface area contributed by atoms with Crippen molar-refractivity contribution in [1.29, 1.82) is 0 Å². The number of hydrogen-bond acceptors (Lipinski definition) is 2. The molecule has 0 spiro atoms. The second-order valence-corrected chi connectivity index (χ2v) is 6.51. The first kappa shape index (κ1) is 20.6. The van der Waals surface area contributed by atoms with Crippen LogP contribution in [0.25, 0.3) is 0 Å². The SMILES string of the molecule is CCOc1cccc(CNC(=NC)NCC2(c3ccccc3)CC2)c1.I. The van der Waals surface area contributed by atoms with E-state index < -0.39 is 0 Å². The highest BCUT2D eigenvalue weighted by molar-refractivity contribution is 14.0. The van der Waals surface area contributed by atoms with Gasteiger partial charge in [-0.3, -0.25) is 4.99 Å². The molecule has 0 bridgehead atoms. The van der Waals surface area contributed by atoms with Crippen LogP contribution in [0.1, 0.15) is 30.9 Å². The summed E-state index contributed by atoms with van der Waals surface area (Å²) in [7, 11) is 1.81. The molecule has 2 aromatic rings. The van der Waals surface area contributed by atoms with Gasteiger partial charge in [-0.25, -0.2) is 0 Å². The van der Waals surface area contributed by atoms with E-state index in [9.17, 15) is 0 Å². The molecule has 0 amide bonds. The second kappa shape index (κ2) is 9.80. The maximum absolute atomic E-state index is 5.56. The molecule has 3 rings (SSSR count). The van der Waals surface area contributed by atoms with Crippen molar-refractivity contribution in [3.63, 3.8) is 0 Å². The largest absolute Gasteiger partial charge is 0.494 e.